The van der Waals surface area contributed by atoms with Gasteiger partial charge in [-0.25, -0.2) is 8.78 Å². The largest absolute Gasteiger partial charge is 0.494 e. The normalized spacial score (nSPS) is 11.0. The highest BCUT2D eigenvalue weighted by molar-refractivity contribution is 9.10. The highest BCUT2D eigenvalue weighted by Gasteiger charge is 2.13. The number of ether oxygens (including phenoxy) is 1. The number of H-pyrrole nitrogens is 1. The molecule has 0 saturated carbocycles. The van der Waals surface area contributed by atoms with Crippen molar-refractivity contribution >= 4 is 39.2 Å². The minimum Gasteiger partial charge on any atom is -0.494 e. The number of halogens is 3. The molecular weight excluding hydrogens is 362 g/mol. The zero-order chi connectivity index (χ0) is 15.1. The van der Waals surface area contributed by atoms with E-state index >= 15 is 0 Å². The molecule has 1 aromatic heterocycles. The lowest BCUT2D eigenvalue weighted by Gasteiger charge is -2.08. The SMILES string of the molecule is COc1cc2c(cc1F)[nH]c(=S)n2-c1ccc(F)cc1Br. The van der Waals surface area contributed by atoms with E-state index in [1.807, 2.05) is 0 Å². The molecule has 7 heteroatoms. The first-order valence-electron chi connectivity index (χ1n) is 5.95. The Morgan fingerprint density at radius 1 is 1.24 bits per heavy atom. The van der Waals surface area contributed by atoms with Crippen molar-refractivity contribution in [3.05, 3.63) is 51.2 Å². The number of fused-ring (bicyclic) bond motifs is 1. The van der Waals surface area contributed by atoms with Gasteiger partial charge in [-0.1, -0.05) is 0 Å². The lowest BCUT2D eigenvalue weighted by atomic mass is 10.2. The molecule has 2 aromatic carbocycles. The van der Waals surface area contributed by atoms with Gasteiger partial charge in [0.25, 0.3) is 0 Å². The van der Waals surface area contributed by atoms with Crippen molar-refractivity contribution in [2.45, 2.75) is 0 Å². The molecule has 0 amide bonds. The van der Waals surface area contributed by atoms with E-state index in [0.29, 0.717) is 26.0 Å². The number of imidazole rings is 1. The predicted octanol–water partition coefficient (Wildman–Crippen LogP) is 4.74. The third kappa shape index (κ3) is 2.36. The number of rotatable bonds is 2. The van der Waals surface area contributed by atoms with Gasteiger partial charge >= 0.3 is 0 Å². The van der Waals surface area contributed by atoms with E-state index in [2.05, 4.69) is 20.9 Å². The maximum Gasteiger partial charge on any atom is 0.182 e. The number of hydrogen-bond acceptors (Lipinski definition) is 2. The van der Waals surface area contributed by atoms with Gasteiger partial charge in [-0.2, -0.15) is 0 Å². The van der Waals surface area contributed by atoms with E-state index in [0.717, 1.165) is 0 Å². The maximum absolute atomic E-state index is 13.7. The monoisotopic (exact) mass is 370 g/mol. The second kappa shape index (κ2) is 5.23. The molecule has 0 aliphatic heterocycles. The van der Waals surface area contributed by atoms with Gasteiger partial charge in [0.1, 0.15) is 5.82 Å². The van der Waals surface area contributed by atoms with Gasteiger partial charge in [-0.05, 0) is 46.3 Å². The Morgan fingerprint density at radius 2 is 2.00 bits per heavy atom. The van der Waals surface area contributed by atoms with Crippen LogP contribution in [0.25, 0.3) is 16.7 Å². The minimum atomic E-state index is -0.480. The lowest BCUT2D eigenvalue weighted by Crippen LogP contribution is -1.97. The average Bonchev–Trinajstić information content (AvgIpc) is 2.73. The van der Waals surface area contributed by atoms with Crippen LogP contribution >= 0.6 is 28.1 Å². The molecule has 21 heavy (non-hydrogen) atoms. The topological polar surface area (TPSA) is 29.9 Å². The van der Waals surface area contributed by atoms with Crippen LogP contribution in [-0.2, 0) is 0 Å². The number of aromatic amines is 1. The molecule has 0 aliphatic rings. The first-order chi connectivity index (χ1) is 10.0. The molecule has 108 valence electrons. The number of hydrogen-bond donors (Lipinski definition) is 1. The van der Waals surface area contributed by atoms with E-state index in [-0.39, 0.29) is 11.6 Å². The molecule has 0 saturated heterocycles. The van der Waals surface area contributed by atoms with Crippen molar-refractivity contribution in [1.82, 2.24) is 9.55 Å². The summed E-state index contributed by atoms with van der Waals surface area (Å²) < 4.78 is 34.6. The zero-order valence-corrected chi connectivity index (χ0v) is 13.2. The van der Waals surface area contributed by atoms with Gasteiger partial charge in [-0.3, -0.25) is 4.57 Å². The van der Waals surface area contributed by atoms with E-state index < -0.39 is 5.82 Å². The molecule has 3 aromatic rings. The molecule has 0 spiro atoms. The molecule has 0 atom stereocenters. The van der Waals surface area contributed by atoms with E-state index in [1.165, 1.54) is 25.3 Å². The van der Waals surface area contributed by atoms with Gasteiger partial charge in [0.15, 0.2) is 16.3 Å². The third-order valence-corrected chi connectivity index (χ3v) is 4.03. The summed E-state index contributed by atoms with van der Waals surface area (Å²) in [5, 5.41) is 0. The number of nitrogens with one attached hydrogen (secondary N) is 1. The van der Waals surface area contributed by atoms with Crippen LogP contribution in [0, 0.1) is 16.4 Å². The summed E-state index contributed by atoms with van der Waals surface area (Å²) in [5.74, 6) is -0.726. The molecule has 3 nitrogen and oxygen atoms in total. The summed E-state index contributed by atoms with van der Waals surface area (Å²) in [7, 11) is 1.39. The molecule has 0 aliphatic carbocycles. The Kier molecular flexibility index (Phi) is 3.54. The van der Waals surface area contributed by atoms with Crippen LogP contribution in [0.4, 0.5) is 8.78 Å². The van der Waals surface area contributed by atoms with Crippen molar-refractivity contribution in [3.63, 3.8) is 0 Å². The Labute approximate surface area is 132 Å². The highest BCUT2D eigenvalue weighted by atomic mass is 79.9. The Bertz CT molecular complexity index is 904. The first-order valence-corrected chi connectivity index (χ1v) is 7.15. The van der Waals surface area contributed by atoms with Gasteiger partial charge in [0.2, 0.25) is 0 Å². The lowest BCUT2D eigenvalue weighted by molar-refractivity contribution is 0.387. The Balaban J connectivity index is 2.36. The number of benzene rings is 2. The summed E-state index contributed by atoms with van der Waals surface area (Å²) in [6.07, 6.45) is 0. The number of methoxy groups -OCH3 is 1. The van der Waals surface area contributed by atoms with Gasteiger partial charge in [0.05, 0.1) is 23.8 Å². The second-order valence-electron chi connectivity index (χ2n) is 4.37. The van der Waals surface area contributed by atoms with Crippen LogP contribution in [0.2, 0.25) is 0 Å². The van der Waals surface area contributed by atoms with Crippen LogP contribution in [0.1, 0.15) is 0 Å². The summed E-state index contributed by atoms with van der Waals surface area (Å²) in [5.41, 5.74) is 1.83. The van der Waals surface area contributed by atoms with E-state index in [9.17, 15) is 8.78 Å². The standard InChI is InChI=1S/C14H9BrF2N2OS/c1-20-13-6-12-10(5-9(13)17)18-14(21)19(12)11-3-2-7(16)4-8(11)15/h2-6H,1H3,(H,18,21). The first kappa shape index (κ1) is 14.2. The fourth-order valence-corrected chi connectivity index (χ4v) is 3.00. The minimum absolute atomic E-state index is 0.114. The maximum atomic E-state index is 13.7. The smallest absolute Gasteiger partial charge is 0.182 e. The van der Waals surface area contributed by atoms with E-state index in [1.54, 1.807) is 16.7 Å². The molecule has 0 fully saturated rings. The van der Waals surface area contributed by atoms with Crippen LogP contribution in [0.15, 0.2) is 34.8 Å². The molecular formula is C14H9BrF2N2OS. The van der Waals surface area contributed by atoms with Crippen LogP contribution in [-0.4, -0.2) is 16.7 Å². The van der Waals surface area contributed by atoms with Crippen molar-refractivity contribution in [3.8, 4) is 11.4 Å². The molecule has 1 N–H and O–H groups in total. The van der Waals surface area contributed by atoms with Crippen molar-refractivity contribution in [2.24, 2.45) is 0 Å². The van der Waals surface area contributed by atoms with Crippen LogP contribution in [0.3, 0.4) is 0 Å². The van der Waals surface area contributed by atoms with Gasteiger partial charge < -0.3 is 9.72 Å². The average molecular weight is 371 g/mol. The summed E-state index contributed by atoms with van der Waals surface area (Å²) in [4.78, 5) is 2.93. The van der Waals surface area contributed by atoms with Crippen molar-refractivity contribution < 1.29 is 13.5 Å². The summed E-state index contributed by atoms with van der Waals surface area (Å²) in [6.45, 7) is 0. The molecule has 0 radical (unpaired) electrons. The third-order valence-electron chi connectivity index (χ3n) is 3.11. The van der Waals surface area contributed by atoms with Gasteiger partial charge in [0, 0.05) is 16.6 Å². The Morgan fingerprint density at radius 3 is 2.67 bits per heavy atom. The molecule has 0 bridgehead atoms. The second-order valence-corrected chi connectivity index (χ2v) is 5.61. The number of nitrogens with zero attached hydrogens (tertiary/aromatic N) is 1. The van der Waals surface area contributed by atoms with Crippen LogP contribution in [0.5, 0.6) is 5.75 Å². The zero-order valence-electron chi connectivity index (χ0n) is 10.8. The predicted molar refractivity (Wildman–Crippen MR) is 82.6 cm³/mol. The fourth-order valence-electron chi connectivity index (χ4n) is 2.17. The van der Waals surface area contributed by atoms with Crippen molar-refractivity contribution in [1.29, 1.82) is 0 Å². The number of aromatic nitrogens is 2. The Hall–Kier alpha value is -1.73. The summed E-state index contributed by atoms with van der Waals surface area (Å²) in [6, 6.07) is 7.14. The fraction of sp³-hybridized carbons (Fsp3) is 0.0714. The van der Waals surface area contributed by atoms with Crippen molar-refractivity contribution in [2.75, 3.05) is 7.11 Å². The van der Waals surface area contributed by atoms with Crippen LogP contribution < -0.4 is 4.74 Å². The van der Waals surface area contributed by atoms with Gasteiger partial charge in [-0.15, -0.1) is 0 Å². The molecule has 3 rings (SSSR count). The molecule has 1 heterocycles. The quantitative estimate of drug-likeness (QED) is 0.660. The molecule has 0 unspecified atom stereocenters. The van der Waals surface area contributed by atoms with E-state index in [4.69, 9.17) is 17.0 Å². The summed E-state index contributed by atoms with van der Waals surface area (Å²) >= 11 is 8.59. The highest BCUT2D eigenvalue weighted by Crippen LogP contribution is 2.30.